The molecule has 0 aromatic carbocycles. The lowest BCUT2D eigenvalue weighted by atomic mass is 9.92. The topological polar surface area (TPSA) is 64.1 Å². The first-order valence-corrected chi connectivity index (χ1v) is 8.49. The molecule has 5 nitrogen and oxygen atoms in total. The lowest BCUT2D eigenvalue weighted by Crippen LogP contribution is -2.39. The van der Waals surface area contributed by atoms with Crippen LogP contribution >= 0.6 is 15.9 Å². The quantitative estimate of drug-likeness (QED) is 0.889. The van der Waals surface area contributed by atoms with Gasteiger partial charge in [-0.15, -0.1) is 0 Å². The smallest absolute Gasteiger partial charge is 0.253 e. The molecule has 2 aromatic heterocycles. The molecule has 0 saturated heterocycles. The van der Waals surface area contributed by atoms with E-state index in [1.165, 1.54) is 0 Å². The number of hydrogen-bond donors (Lipinski definition) is 1. The van der Waals surface area contributed by atoms with Crippen LogP contribution in [0.15, 0.2) is 47.3 Å². The van der Waals surface area contributed by atoms with Crippen molar-refractivity contribution in [1.82, 2.24) is 15.3 Å². The zero-order valence-corrected chi connectivity index (χ0v) is 14.2. The van der Waals surface area contributed by atoms with Gasteiger partial charge in [-0.1, -0.05) is 6.07 Å². The van der Waals surface area contributed by atoms with Gasteiger partial charge in [-0.3, -0.25) is 9.78 Å². The summed E-state index contributed by atoms with van der Waals surface area (Å²) in [5, 5.41) is 3.08. The van der Waals surface area contributed by atoms with Gasteiger partial charge in [0.25, 0.3) is 5.91 Å². The lowest BCUT2D eigenvalue weighted by molar-refractivity contribution is 0.0889. The van der Waals surface area contributed by atoms with E-state index >= 15 is 0 Å². The Bertz CT molecular complexity index is 658. The summed E-state index contributed by atoms with van der Waals surface area (Å²) >= 11 is 3.33. The Morgan fingerprint density at radius 3 is 2.74 bits per heavy atom. The summed E-state index contributed by atoms with van der Waals surface area (Å²) < 4.78 is 6.67. The van der Waals surface area contributed by atoms with Gasteiger partial charge in [-0.2, -0.15) is 0 Å². The van der Waals surface area contributed by atoms with Gasteiger partial charge in [-0.25, -0.2) is 4.98 Å². The SMILES string of the molecule is O=C(NC1CCC(Oc2ccccn2)CC1)c1cncc(Br)c1. The van der Waals surface area contributed by atoms with E-state index in [-0.39, 0.29) is 18.1 Å². The van der Waals surface area contributed by atoms with Gasteiger partial charge >= 0.3 is 0 Å². The van der Waals surface area contributed by atoms with Crippen LogP contribution in [0.1, 0.15) is 36.0 Å². The number of rotatable bonds is 4. The molecular formula is C17H18BrN3O2. The van der Waals surface area contributed by atoms with Crippen LogP contribution < -0.4 is 10.1 Å². The molecule has 2 aromatic rings. The van der Waals surface area contributed by atoms with Crippen molar-refractivity contribution >= 4 is 21.8 Å². The summed E-state index contributed by atoms with van der Waals surface area (Å²) in [4.78, 5) is 20.4. The van der Waals surface area contributed by atoms with Crippen molar-refractivity contribution in [3.8, 4) is 5.88 Å². The van der Waals surface area contributed by atoms with E-state index in [2.05, 4.69) is 31.2 Å². The van der Waals surface area contributed by atoms with E-state index in [0.29, 0.717) is 11.4 Å². The van der Waals surface area contributed by atoms with Crippen molar-refractivity contribution in [3.63, 3.8) is 0 Å². The molecule has 0 unspecified atom stereocenters. The van der Waals surface area contributed by atoms with Crippen molar-refractivity contribution in [2.24, 2.45) is 0 Å². The first-order valence-electron chi connectivity index (χ1n) is 7.70. The molecule has 0 radical (unpaired) electrons. The monoisotopic (exact) mass is 375 g/mol. The van der Waals surface area contributed by atoms with Crippen LogP contribution in [0.5, 0.6) is 5.88 Å². The second-order valence-electron chi connectivity index (χ2n) is 5.62. The van der Waals surface area contributed by atoms with Crippen LogP contribution in [0.2, 0.25) is 0 Å². The predicted octanol–water partition coefficient (Wildman–Crippen LogP) is 3.36. The van der Waals surface area contributed by atoms with Gasteiger partial charge in [0.1, 0.15) is 6.10 Å². The number of halogens is 1. The van der Waals surface area contributed by atoms with Crippen LogP contribution in [0.4, 0.5) is 0 Å². The molecule has 23 heavy (non-hydrogen) atoms. The maximum Gasteiger partial charge on any atom is 0.253 e. The molecule has 1 aliphatic rings. The molecule has 2 heterocycles. The van der Waals surface area contributed by atoms with Crippen molar-refractivity contribution in [2.45, 2.75) is 37.8 Å². The first-order chi connectivity index (χ1) is 11.2. The number of hydrogen-bond acceptors (Lipinski definition) is 4. The lowest BCUT2D eigenvalue weighted by Gasteiger charge is -2.29. The Morgan fingerprint density at radius 1 is 1.22 bits per heavy atom. The minimum Gasteiger partial charge on any atom is -0.474 e. The van der Waals surface area contributed by atoms with Crippen molar-refractivity contribution < 1.29 is 9.53 Å². The Morgan fingerprint density at radius 2 is 2.04 bits per heavy atom. The molecule has 1 saturated carbocycles. The number of amides is 1. The fourth-order valence-electron chi connectivity index (χ4n) is 2.72. The largest absolute Gasteiger partial charge is 0.474 e. The van der Waals surface area contributed by atoms with E-state index in [9.17, 15) is 4.79 Å². The van der Waals surface area contributed by atoms with E-state index in [0.717, 1.165) is 30.2 Å². The number of carbonyl (C=O) groups excluding carboxylic acids is 1. The average Bonchev–Trinajstić information content (AvgIpc) is 2.57. The zero-order valence-electron chi connectivity index (χ0n) is 12.6. The molecule has 0 spiro atoms. The van der Waals surface area contributed by atoms with Gasteiger partial charge in [-0.05, 0) is 53.7 Å². The summed E-state index contributed by atoms with van der Waals surface area (Å²) in [5.41, 5.74) is 0.575. The second kappa shape index (κ2) is 7.55. The first kappa shape index (κ1) is 15.9. The van der Waals surface area contributed by atoms with E-state index in [4.69, 9.17) is 4.74 Å². The Labute approximate surface area is 143 Å². The highest BCUT2D eigenvalue weighted by molar-refractivity contribution is 9.10. The molecule has 0 aliphatic heterocycles. The fourth-order valence-corrected chi connectivity index (χ4v) is 3.08. The molecule has 6 heteroatoms. The molecule has 1 fully saturated rings. The van der Waals surface area contributed by atoms with Crippen molar-refractivity contribution in [3.05, 3.63) is 52.9 Å². The highest BCUT2D eigenvalue weighted by atomic mass is 79.9. The van der Waals surface area contributed by atoms with Crippen LogP contribution in [0.25, 0.3) is 0 Å². The maximum atomic E-state index is 12.2. The van der Waals surface area contributed by atoms with Crippen LogP contribution in [-0.2, 0) is 0 Å². The highest BCUT2D eigenvalue weighted by Gasteiger charge is 2.24. The summed E-state index contributed by atoms with van der Waals surface area (Å²) in [6.45, 7) is 0. The third kappa shape index (κ3) is 4.51. The molecule has 120 valence electrons. The van der Waals surface area contributed by atoms with Crippen LogP contribution in [-0.4, -0.2) is 28.0 Å². The molecule has 1 aliphatic carbocycles. The third-order valence-corrected chi connectivity index (χ3v) is 4.34. The number of nitrogens with zero attached hydrogens (tertiary/aromatic N) is 2. The van der Waals surface area contributed by atoms with E-state index in [1.807, 2.05) is 18.2 Å². The Hall–Kier alpha value is -1.95. The second-order valence-corrected chi connectivity index (χ2v) is 6.54. The van der Waals surface area contributed by atoms with E-state index < -0.39 is 0 Å². The number of nitrogens with one attached hydrogen (secondary N) is 1. The van der Waals surface area contributed by atoms with Crippen molar-refractivity contribution in [2.75, 3.05) is 0 Å². The van der Waals surface area contributed by atoms with Crippen LogP contribution in [0, 0.1) is 0 Å². The number of ether oxygens (including phenoxy) is 1. The maximum absolute atomic E-state index is 12.2. The molecule has 0 atom stereocenters. The van der Waals surface area contributed by atoms with Gasteiger partial charge < -0.3 is 10.1 Å². The van der Waals surface area contributed by atoms with Gasteiger partial charge in [0.15, 0.2) is 0 Å². The predicted molar refractivity (Wildman–Crippen MR) is 90.3 cm³/mol. The normalized spacial score (nSPS) is 20.7. The average molecular weight is 376 g/mol. The van der Waals surface area contributed by atoms with Crippen molar-refractivity contribution in [1.29, 1.82) is 0 Å². The minimum absolute atomic E-state index is 0.0760. The summed E-state index contributed by atoms with van der Waals surface area (Å²) in [6.07, 6.45) is 8.79. The molecule has 0 bridgehead atoms. The zero-order chi connectivity index (χ0) is 16.1. The number of carbonyl (C=O) groups is 1. The molecule has 1 N–H and O–H groups in total. The fraction of sp³-hybridized carbons (Fsp3) is 0.353. The highest BCUT2D eigenvalue weighted by Crippen LogP contribution is 2.23. The standard InChI is InChI=1S/C17H18BrN3O2/c18-13-9-12(10-19-11-13)17(22)21-14-4-6-15(7-5-14)23-16-3-1-2-8-20-16/h1-3,8-11,14-15H,4-7H2,(H,21,22). The molecule has 1 amide bonds. The van der Waals surface area contributed by atoms with Gasteiger partial charge in [0.2, 0.25) is 5.88 Å². The molecular weight excluding hydrogens is 358 g/mol. The minimum atomic E-state index is -0.0760. The van der Waals surface area contributed by atoms with E-state index in [1.54, 1.807) is 24.7 Å². The summed E-state index contributed by atoms with van der Waals surface area (Å²) in [6, 6.07) is 7.62. The Kier molecular flexibility index (Phi) is 5.23. The number of aromatic nitrogens is 2. The summed E-state index contributed by atoms with van der Waals surface area (Å²) in [5.74, 6) is 0.591. The summed E-state index contributed by atoms with van der Waals surface area (Å²) in [7, 11) is 0. The number of pyridine rings is 2. The molecule has 3 rings (SSSR count). The Balaban J connectivity index is 1.48. The van der Waals surface area contributed by atoms with Gasteiger partial charge in [0.05, 0.1) is 5.56 Å². The van der Waals surface area contributed by atoms with Gasteiger partial charge in [0, 0.05) is 35.2 Å². The van der Waals surface area contributed by atoms with Crippen LogP contribution in [0.3, 0.4) is 0 Å². The third-order valence-electron chi connectivity index (χ3n) is 3.90.